The monoisotopic (exact) mass is 271 g/mol. The van der Waals surface area contributed by atoms with Crippen LogP contribution in [0, 0.1) is 5.82 Å². The minimum atomic E-state index is -0.983. The Kier molecular flexibility index (Phi) is 4.25. The second-order valence-electron chi connectivity index (χ2n) is 5.00. The number of rotatable bonds is 3. The van der Waals surface area contributed by atoms with E-state index >= 15 is 0 Å². The second-order valence-corrected chi connectivity index (χ2v) is 5.40. The van der Waals surface area contributed by atoms with Crippen LogP contribution in [-0.2, 0) is 5.60 Å². The van der Waals surface area contributed by atoms with Crippen LogP contribution >= 0.6 is 11.6 Å². The van der Waals surface area contributed by atoms with Crippen LogP contribution in [-0.4, -0.2) is 29.6 Å². The molecular weight excluding hydrogens is 253 g/mol. The number of hydrogen-bond donors (Lipinski definition) is 1. The summed E-state index contributed by atoms with van der Waals surface area (Å²) >= 11 is 6.08. The molecule has 100 valence electrons. The molecule has 2 rings (SSSR count). The zero-order chi connectivity index (χ0) is 13.2. The minimum Gasteiger partial charge on any atom is -0.385 e. The van der Waals surface area contributed by atoms with Crippen molar-refractivity contribution < 1.29 is 9.50 Å². The number of likely N-dealkylation sites (tertiary alicyclic amines) is 1. The van der Waals surface area contributed by atoms with Crippen LogP contribution in [0.5, 0.6) is 0 Å². The van der Waals surface area contributed by atoms with Gasteiger partial charge in [0, 0.05) is 23.7 Å². The van der Waals surface area contributed by atoms with Crippen molar-refractivity contribution in [1.29, 1.82) is 0 Å². The summed E-state index contributed by atoms with van der Waals surface area (Å²) < 4.78 is 13.3. The number of benzene rings is 1. The van der Waals surface area contributed by atoms with E-state index in [0.717, 1.165) is 26.1 Å². The zero-order valence-electron chi connectivity index (χ0n) is 10.6. The predicted molar refractivity (Wildman–Crippen MR) is 71.3 cm³/mol. The predicted octanol–water partition coefficient (Wildman–Crippen LogP) is 3.17. The van der Waals surface area contributed by atoms with Crippen LogP contribution in [0.15, 0.2) is 18.2 Å². The van der Waals surface area contributed by atoms with Crippen molar-refractivity contribution in [1.82, 2.24) is 4.90 Å². The van der Waals surface area contributed by atoms with Crippen LogP contribution in [0.4, 0.5) is 4.39 Å². The molecule has 0 unspecified atom stereocenters. The summed E-state index contributed by atoms with van der Waals surface area (Å²) in [6.07, 6.45) is 2.32. The molecule has 0 saturated carbocycles. The quantitative estimate of drug-likeness (QED) is 0.913. The van der Waals surface area contributed by atoms with Crippen LogP contribution in [0.25, 0.3) is 0 Å². The zero-order valence-corrected chi connectivity index (χ0v) is 11.4. The summed E-state index contributed by atoms with van der Waals surface area (Å²) in [5.41, 5.74) is -0.455. The van der Waals surface area contributed by atoms with E-state index in [4.69, 9.17) is 11.6 Å². The highest BCUT2D eigenvalue weighted by atomic mass is 35.5. The highest BCUT2D eigenvalue weighted by molar-refractivity contribution is 6.31. The number of halogens is 2. The van der Waals surface area contributed by atoms with Crippen molar-refractivity contribution in [3.05, 3.63) is 34.6 Å². The highest BCUT2D eigenvalue weighted by Crippen LogP contribution is 2.37. The lowest BCUT2D eigenvalue weighted by atomic mass is 9.84. The van der Waals surface area contributed by atoms with Gasteiger partial charge in [0.05, 0.1) is 5.60 Å². The molecule has 1 aliphatic heterocycles. The maximum Gasteiger partial charge on any atom is 0.123 e. The maximum absolute atomic E-state index is 13.3. The fraction of sp³-hybridized carbons (Fsp3) is 0.571. The minimum absolute atomic E-state index is 0.348. The van der Waals surface area contributed by atoms with Gasteiger partial charge in [-0.15, -0.1) is 0 Å². The fourth-order valence-corrected chi connectivity index (χ4v) is 2.88. The van der Waals surface area contributed by atoms with Gasteiger partial charge in [-0.05, 0) is 44.0 Å². The van der Waals surface area contributed by atoms with E-state index in [-0.39, 0.29) is 5.82 Å². The van der Waals surface area contributed by atoms with E-state index in [9.17, 15) is 9.50 Å². The maximum atomic E-state index is 13.3. The van der Waals surface area contributed by atoms with Gasteiger partial charge in [-0.1, -0.05) is 18.5 Å². The van der Waals surface area contributed by atoms with Crippen molar-refractivity contribution in [3.8, 4) is 0 Å². The van der Waals surface area contributed by atoms with Crippen molar-refractivity contribution >= 4 is 11.6 Å². The van der Waals surface area contributed by atoms with Gasteiger partial charge in [0.1, 0.15) is 5.82 Å². The highest BCUT2D eigenvalue weighted by Gasteiger charge is 2.35. The first-order valence-corrected chi connectivity index (χ1v) is 6.83. The van der Waals surface area contributed by atoms with Gasteiger partial charge in [-0.3, -0.25) is 0 Å². The standard InChI is InChI=1S/C14H19ClFNO/c1-2-7-17-8-5-14(18,6-9-17)12-10-11(16)3-4-13(12)15/h3-4,10,18H,2,5-9H2,1H3. The molecule has 1 heterocycles. The number of hydrogen-bond acceptors (Lipinski definition) is 2. The van der Waals surface area contributed by atoms with E-state index < -0.39 is 5.60 Å². The Bertz CT molecular complexity index is 416. The van der Waals surface area contributed by atoms with Gasteiger partial charge in [-0.25, -0.2) is 4.39 Å². The lowest BCUT2D eigenvalue weighted by Gasteiger charge is -2.38. The molecule has 2 nitrogen and oxygen atoms in total. The normalized spacial score (nSPS) is 20.0. The van der Waals surface area contributed by atoms with E-state index in [1.54, 1.807) is 0 Å². The summed E-state index contributed by atoms with van der Waals surface area (Å²) in [6.45, 7) is 4.85. The largest absolute Gasteiger partial charge is 0.385 e. The summed E-state index contributed by atoms with van der Waals surface area (Å²) in [5.74, 6) is -0.348. The summed E-state index contributed by atoms with van der Waals surface area (Å²) in [7, 11) is 0. The molecule has 18 heavy (non-hydrogen) atoms. The molecule has 1 saturated heterocycles. The van der Waals surface area contributed by atoms with Gasteiger partial charge in [0.15, 0.2) is 0 Å². The molecular formula is C14H19ClFNO. The third kappa shape index (κ3) is 2.85. The van der Waals surface area contributed by atoms with Gasteiger partial charge in [0.25, 0.3) is 0 Å². The third-order valence-electron chi connectivity index (χ3n) is 3.65. The first-order chi connectivity index (χ1) is 8.55. The first kappa shape index (κ1) is 13.8. The lowest BCUT2D eigenvalue weighted by Crippen LogP contribution is -2.43. The topological polar surface area (TPSA) is 23.5 Å². The van der Waals surface area contributed by atoms with Crippen LogP contribution in [0.2, 0.25) is 5.02 Å². The molecule has 0 amide bonds. The van der Waals surface area contributed by atoms with Gasteiger partial charge < -0.3 is 10.0 Å². The molecule has 0 bridgehead atoms. The van der Waals surface area contributed by atoms with Gasteiger partial charge >= 0.3 is 0 Å². The summed E-state index contributed by atoms with van der Waals surface area (Å²) in [6, 6.07) is 4.20. The second kappa shape index (κ2) is 5.55. The summed E-state index contributed by atoms with van der Waals surface area (Å²) in [5, 5.41) is 11.1. The van der Waals surface area contributed by atoms with Crippen molar-refractivity contribution in [2.24, 2.45) is 0 Å². The van der Waals surface area contributed by atoms with Crippen molar-refractivity contribution in [3.63, 3.8) is 0 Å². The molecule has 1 aromatic rings. The first-order valence-electron chi connectivity index (χ1n) is 6.45. The Morgan fingerprint density at radius 3 is 2.67 bits per heavy atom. The Hall–Kier alpha value is -0.640. The molecule has 1 fully saturated rings. The number of nitrogens with zero attached hydrogens (tertiary/aromatic N) is 1. The van der Waals surface area contributed by atoms with Gasteiger partial charge in [-0.2, -0.15) is 0 Å². The van der Waals surface area contributed by atoms with E-state index in [1.165, 1.54) is 18.2 Å². The Labute approximate surface area is 112 Å². The average Bonchev–Trinajstić information content (AvgIpc) is 2.36. The SMILES string of the molecule is CCCN1CCC(O)(c2cc(F)ccc2Cl)CC1. The summed E-state index contributed by atoms with van der Waals surface area (Å²) in [4.78, 5) is 2.32. The van der Waals surface area contributed by atoms with E-state index in [1.807, 2.05) is 0 Å². The molecule has 1 aromatic carbocycles. The smallest absolute Gasteiger partial charge is 0.123 e. The molecule has 0 aromatic heterocycles. The molecule has 0 aliphatic carbocycles. The van der Waals surface area contributed by atoms with Crippen LogP contribution < -0.4 is 0 Å². The Morgan fingerprint density at radius 2 is 2.06 bits per heavy atom. The number of aliphatic hydroxyl groups is 1. The fourth-order valence-electron chi connectivity index (χ4n) is 2.59. The Balaban J connectivity index is 2.15. The molecule has 1 N–H and O–H groups in total. The average molecular weight is 272 g/mol. The Morgan fingerprint density at radius 1 is 1.39 bits per heavy atom. The van der Waals surface area contributed by atoms with Crippen LogP contribution in [0.3, 0.4) is 0 Å². The molecule has 1 aliphatic rings. The van der Waals surface area contributed by atoms with Crippen molar-refractivity contribution in [2.75, 3.05) is 19.6 Å². The lowest BCUT2D eigenvalue weighted by molar-refractivity contribution is -0.0259. The third-order valence-corrected chi connectivity index (χ3v) is 3.98. The molecule has 0 atom stereocenters. The van der Waals surface area contributed by atoms with E-state index in [2.05, 4.69) is 11.8 Å². The van der Waals surface area contributed by atoms with Crippen molar-refractivity contribution in [2.45, 2.75) is 31.8 Å². The molecule has 4 heteroatoms. The molecule has 0 radical (unpaired) electrons. The van der Waals surface area contributed by atoms with Crippen LogP contribution in [0.1, 0.15) is 31.7 Å². The van der Waals surface area contributed by atoms with Gasteiger partial charge in [0.2, 0.25) is 0 Å². The number of piperidine rings is 1. The molecule has 0 spiro atoms. The van der Waals surface area contributed by atoms with E-state index in [0.29, 0.717) is 23.4 Å².